The van der Waals surface area contributed by atoms with Gasteiger partial charge in [-0.05, 0) is 154 Å². The molecule has 3 N–H and O–H groups in total. The summed E-state index contributed by atoms with van der Waals surface area (Å²) < 4.78 is 68.6. The number of carbonyl (C=O) groups is 4. The molecule has 4 unspecified atom stereocenters. The molecule has 598 valence electrons. The first-order valence-corrected chi connectivity index (χ1v) is 43.8. The summed E-state index contributed by atoms with van der Waals surface area (Å²) in [4.78, 5) is 73.1. The number of allylic oxidation sites excluding steroid dienone is 20. The molecule has 0 bridgehead atoms. The van der Waals surface area contributed by atoms with Crippen molar-refractivity contribution in [2.75, 3.05) is 39.6 Å². The molecule has 104 heavy (non-hydrogen) atoms. The number of esters is 4. The summed E-state index contributed by atoms with van der Waals surface area (Å²) in [6.45, 7) is 4.60. The second-order valence-corrected chi connectivity index (χ2v) is 29.8. The number of phosphoric acid groups is 2. The van der Waals surface area contributed by atoms with Gasteiger partial charge in [-0.1, -0.05) is 278 Å². The Morgan fingerprint density at radius 1 is 0.279 bits per heavy atom. The van der Waals surface area contributed by atoms with E-state index in [0.717, 1.165) is 180 Å². The fraction of sp³-hybridized carbons (Fsp3) is 0.718. The highest BCUT2D eigenvalue weighted by atomic mass is 31.2. The standard InChI is InChI=1S/C85H146O17P2/c1-5-9-13-17-21-25-29-33-37-39-43-45-49-53-57-61-65-69-82(87)95-75-80(101-84(89)71-67-63-59-55-51-47-41-35-31-27-23-19-15-11-7-3)77-99-103(91,92)97-73-79(86)74-98-104(93,94)100-78-81(102-85(90)72-68-64-60-56-52-48-42-36-32-28-24-20-16-12-8-4)76-96-83(88)70-66-62-58-54-50-46-44-40-38-34-30-26-22-18-14-10-6-2/h9-10,13-14,21-22,25-26,33-38,41-46,79-81,86H,5-8,11-12,15-20,23-24,27-32,39-40,47-78H2,1-4H3,(H,91,92)(H,93,94)/b13-9-,14-10-,25-21-,26-22-,37-33-,38-34-,41-35-,42-36-,45-43-,46-44-. The average Bonchev–Trinajstić information content (AvgIpc) is 0.937. The first-order valence-electron chi connectivity index (χ1n) is 40.8. The van der Waals surface area contributed by atoms with Crippen molar-refractivity contribution in [2.24, 2.45) is 0 Å². The third-order valence-corrected chi connectivity index (χ3v) is 18.8. The van der Waals surface area contributed by atoms with Crippen LogP contribution in [0, 0.1) is 0 Å². The Labute approximate surface area is 632 Å². The monoisotopic (exact) mass is 1500 g/mol. The van der Waals surface area contributed by atoms with Crippen LogP contribution in [-0.2, 0) is 65.4 Å². The lowest BCUT2D eigenvalue weighted by atomic mass is 10.1. The van der Waals surface area contributed by atoms with Crippen LogP contribution >= 0.6 is 15.6 Å². The van der Waals surface area contributed by atoms with E-state index in [9.17, 15) is 43.2 Å². The molecule has 0 aliphatic heterocycles. The Morgan fingerprint density at radius 3 is 0.779 bits per heavy atom. The Kier molecular flexibility index (Phi) is 73.3. The Hall–Kier alpha value is -4.54. The average molecular weight is 1500 g/mol. The van der Waals surface area contributed by atoms with E-state index in [0.29, 0.717) is 25.7 Å². The minimum Gasteiger partial charge on any atom is -0.462 e. The molecule has 0 rings (SSSR count). The zero-order valence-corrected chi connectivity index (χ0v) is 67.2. The predicted molar refractivity (Wildman–Crippen MR) is 427 cm³/mol. The van der Waals surface area contributed by atoms with Gasteiger partial charge in [0.15, 0.2) is 12.2 Å². The van der Waals surface area contributed by atoms with Crippen LogP contribution in [0.5, 0.6) is 0 Å². The summed E-state index contributed by atoms with van der Waals surface area (Å²) in [7, 11) is -9.98. The van der Waals surface area contributed by atoms with E-state index in [1.165, 1.54) is 77.0 Å². The number of phosphoric ester groups is 2. The van der Waals surface area contributed by atoms with Crippen LogP contribution in [0.3, 0.4) is 0 Å². The molecule has 0 aliphatic rings. The van der Waals surface area contributed by atoms with Gasteiger partial charge in [0.1, 0.15) is 19.3 Å². The van der Waals surface area contributed by atoms with E-state index in [-0.39, 0.29) is 25.7 Å². The quantitative estimate of drug-likeness (QED) is 0.0169. The topological polar surface area (TPSA) is 237 Å². The van der Waals surface area contributed by atoms with Crippen LogP contribution in [-0.4, -0.2) is 96.7 Å². The fourth-order valence-corrected chi connectivity index (χ4v) is 12.3. The smallest absolute Gasteiger partial charge is 0.462 e. The third-order valence-electron chi connectivity index (χ3n) is 16.9. The van der Waals surface area contributed by atoms with E-state index in [2.05, 4.69) is 149 Å². The van der Waals surface area contributed by atoms with Crippen molar-refractivity contribution in [1.82, 2.24) is 0 Å². The van der Waals surface area contributed by atoms with Crippen molar-refractivity contribution in [1.29, 1.82) is 0 Å². The van der Waals surface area contributed by atoms with Crippen LogP contribution in [0.4, 0.5) is 0 Å². The van der Waals surface area contributed by atoms with E-state index in [1.807, 2.05) is 0 Å². The van der Waals surface area contributed by atoms with Crippen molar-refractivity contribution in [3.8, 4) is 0 Å². The van der Waals surface area contributed by atoms with Crippen LogP contribution in [0.15, 0.2) is 122 Å². The molecule has 4 atom stereocenters. The first kappa shape index (κ1) is 99.5. The van der Waals surface area contributed by atoms with Gasteiger partial charge in [-0.25, -0.2) is 9.13 Å². The van der Waals surface area contributed by atoms with E-state index in [4.69, 9.17) is 37.0 Å². The van der Waals surface area contributed by atoms with Gasteiger partial charge in [-0.2, -0.15) is 0 Å². The number of aliphatic hydroxyl groups excluding tert-OH is 1. The summed E-state index contributed by atoms with van der Waals surface area (Å²) >= 11 is 0. The van der Waals surface area contributed by atoms with Gasteiger partial charge < -0.3 is 33.8 Å². The van der Waals surface area contributed by atoms with Gasteiger partial charge in [0, 0.05) is 25.7 Å². The number of aliphatic hydroxyl groups is 1. The van der Waals surface area contributed by atoms with Crippen molar-refractivity contribution in [2.45, 2.75) is 354 Å². The molecule has 0 spiro atoms. The summed E-state index contributed by atoms with van der Waals surface area (Å²) in [5.41, 5.74) is 0. The molecule has 0 heterocycles. The SMILES string of the molecule is CC/C=C\C/C=C\C/C=C\C/C=C\CCCCCCC(=O)OCC(COP(=O)(O)OCC(O)COP(=O)(O)OCC(COC(=O)CCCCCC/C=C\C/C=C\C/C=C\C/C=C\CC)OC(=O)CCCCCCC/C=C\CCCCCCCC)OC(=O)CCCCCCC/C=C\CCCCCCCC. The van der Waals surface area contributed by atoms with Crippen molar-refractivity contribution in [3.05, 3.63) is 122 Å². The molecule has 19 heteroatoms. The number of ether oxygens (including phenoxy) is 4. The number of carbonyl (C=O) groups excluding carboxylic acids is 4. The Bertz CT molecular complexity index is 2280. The van der Waals surface area contributed by atoms with Gasteiger partial charge in [-0.15, -0.1) is 0 Å². The summed E-state index contributed by atoms with van der Waals surface area (Å²) in [6, 6.07) is 0. The molecule has 0 aromatic rings. The maximum atomic E-state index is 13.1. The van der Waals surface area contributed by atoms with Crippen LogP contribution < -0.4 is 0 Å². The summed E-state index contributed by atoms with van der Waals surface area (Å²) in [5, 5.41) is 10.7. The number of hydrogen-bond acceptors (Lipinski definition) is 15. The fourth-order valence-electron chi connectivity index (χ4n) is 10.7. The molecule has 0 saturated carbocycles. The molecule has 0 fully saturated rings. The highest BCUT2D eigenvalue weighted by Crippen LogP contribution is 2.45. The zero-order chi connectivity index (χ0) is 76.0. The molecule has 0 radical (unpaired) electrons. The Balaban J connectivity index is 5.41. The molecule has 0 aromatic carbocycles. The van der Waals surface area contributed by atoms with Crippen molar-refractivity contribution in [3.63, 3.8) is 0 Å². The minimum atomic E-state index is -4.99. The molecular weight excluding hydrogens is 1350 g/mol. The normalized spacial score (nSPS) is 14.5. The lowest BCUT2D eigenvalue weighted by Crippen LogP contribution is -2.30. The maximum Gasteiger partial charge on any atom is 0.472 e. The number of rotatable bonds is 76. The molecule has 0 aliphatic carbocycles. The van der Waals surface area contributed by atoms with Crippen LogP contribution in [0.1, 0.15) is 336 Å². The largest absolute Gasteiger partial charge is 0.472 e. The third kappa shape index (κ3) is 75.7. The maximum absolute atomic E-state index is 13.1. The van der Waals surface area contributed by atoms with Gasteiger partial charge >= 0.3 is 39.5 Å². The molecule has 0 saturated heterocycles. The highest BCUT2D eigenvalue weighted by Gasteiger charge is 2.30. The molecule has 0 aromatic heterocycles. The van der Waals surface area contributed by atoms with Crippen LogP contribution in [0.25, 0.3) is 0 Å². The predicted octanol–water partition coefficient (Wildman–Crippen LogP) is 23.9. The second-order valence-electron chi connectivity index (χ2n) is 26.9. The van der Waals surface area contributed by atoms with E-state index in [1.54, 1.807) is 0 Å². The van der Waals surface area contributed by atoms with E-state index >= 15 is 0 Å². The Morgan fingerprint density at radius 2 is 0.500 bits per heavy atom. The van der Waals surface area contributed by atoms with Crippen molar-refractivity contribution >= 4 is 39.5 Å². The lowest BCUT2D eigenvalue weighted by molar-refractivity contribution is -0.161. The van der Waals surface area contributed by atoms with Gasteiger partial charge in [0.2, 0.25) is 0 Å². The highest BCUT2D eigenvalue weighted by molar-refractivity contribution is 7.47. The number of hydrogen-bond donors (Lipinski definition) is 3. The lowest BCUT2D eigenvalue weighted by Gasteiger charge is -2.21. The second kappa shape index (κ2) is 76.6. The molecule has 0 amide bonds. The van der Waals surface area contributed by atoms with Gasteiger partial charge in [0.05, 0.1) is 26.4 Å². The van der Waals surface area contributed by atoms with Gasteiger partial charge in [-0.3, -0.25) is 37.3 Å². The zero-order valence-electron chi connectivity index (χ0n) is 65.4. The van der Waals surface area contributed by atoms with Crippen molar-refractivity contribution < 1.29 is 80.2 Å². The van der Waals surface area contributed by atoms with E-state index < -0.39 is 97.5 Å². The minimum absolute atomic E-state index is 0.0775. The van der Waals surface area contributed by atoms with Gasteiger partial charge in [0.25, 0.3) is 0 Å². The van der Waals surface area contributed by atoms with Crippen LogP contribution in [0.2, 0.25) is 0 Å². The molecular formula is C85H146O17P2. The molecule has 17 nitrogen and oxygen atoms in total. The first-order chi connectivity index (χ1) is 50.7. The summed E-state index contributed by atoms with van der Waals surface area (Å²) in [5.74, 6) is -2.24. The number of unbranched alkanes of at least 4 members (excludes halogenated alkanes) is 30. The summed E-state index contributed by atoms with van der Waals surface area (Å²) in [6.07, 6.45) is 84.5.